The molecular weight excluding hydrogens is 356 g/mol. The molecule has 0 saturated heterocycles. The third-order valence-electron chi connectivity index (χ3n) is 3.02. The highest BCUT2D eigenvalue weighted by molar-refractivity contribution is 7.12. The van der Waals surface area contributed by atoms with Crippen molar-refractivity contribution in [3.63, 3.8) is 0 Å². The summed E-state index contributed by atoms with van der Waals surface area (Å²) in [7, 11) is 0. The fraction of sp³-hybridized carbons (Fsp3) is 0.200. The molecule has 0 spiro atoms. The molecule has 0 fully saturated rings. The molecule has 9 heteroatoms. The van der Waals surface area contributed by atoms with E-state index in [1.54, 1.807) is 13.0 Å². The molecule has 0 aliphatic heterocycles. The number of amides is 1. The number of thiophene rings is 1. The molecule has 1 heterocycles. The molecule has 0 aliphatic carbocycles. The lowest BCUT2D eigenvalue weighted by atomic mass is 10.2. The van der Waals surface area contributed by atoms with Crippen molar-refractivity contribution in [2.45, 2.75) is 13.8 Å². The van der Waals surface area contributed by atoms with Crippen LogP contribution in [0.2, 0.25) is 5.02 Å². The van der Waals surface area contributed by atoms with Gasteiger partial charge in [-0.1, -0.05) is 11.6 Å². The van der Waals surface area contributed by atoms with Crippen molar-refractivity contribution >= 4 is 46.2 Å². The van der Waals surface area contributed by atoms with Crippen LogP contribution in [0.15, 0.2) is 24.3 Å². The minimum Gasteiger partial charge on any atom is -0.452 e. The maximum Gasteiger partial charge on any atom is 0.339 e. The van der Waals surface area contributed by atoms with Gasteiger partial charge in [0.15, 0.2) is 6.61 Å². The van der Waals surface area contributed by atoms with Gasteiger partial charge in [0.1, 0.15) is 5.02 Å². The first-order chi connectivity index (χ1) is 11.3. The molecule has 1 N–H and O–H groups in total. The molecule has 1 aromatic carbocycles. The summed E-state index contributed by atoms with van der Waals surface area (Å²) in [4.78, 5) is 35.7. The van der Waals surface area contributed by atoms with E-state index in [9.17, 15) is 19.7 Å². The van der Waals surface area contributed by atoms with Gasteiger partial charge in [-0.25, -0.2) is 4.79 Å². The number of benzene rings is 1. The number of carbonyl (C=O) groups is 2. The lowest BCUT2D eigenvalue weighted by Gasteiger charge is -2.07. The zero-order chi connectivity index (χ0) is 17.9. The summed E-state index contributed by atoms with van der Waals surface area (Å²) in [6.07, 6.45) is 0. The van der Waals surface area contributed by atoms with Gasteiger partial charge < -0.3 is 10.1 Å². The molecule has 7 nitrogen and oxygen atoms in total. The topological polar surface area (TPSA) is 98.5 Å². The number of nitrogens with one attached hydrogen (secondary N) is 1. The van der Waals surface area contributed by atoms with Gasteiger partial charge in [0, 0.05) is 21.5 Å². The predicted molar refractivity (Wildman–Crippen MR) is 90.8 cm³/mol. The van der Waals surface area contributed by atoms with E-state index in [0.29, 0.717) is 5.56 Å². The normalized spacial score (nSPS) is 10.3. The standard InChI is InChI=1S/C15H13ClN2O5S/c1-8-5-11(9(2)24-8)15(20)23-7-14(19)17-10-3-4-12(16)13(6-10)18(21)22/h3-6H,7H2,1-2H3,(H,17,19). The third kappa shape index (κ3) is 4.30. The Bertz CT molecular complexity index is 818. The predicted octanol–water partition coefficient (Wildman–Crippen LogP) is 3.72. The van der Waals surface area contributed by atoms with Crippen molar-refractivity contribution in [1.29, 1.82) is 0 Å². The number of esters is 1. The van der Waals surface area contributed by atoms with E-state index in [-0.39, 0.29) is 16.4 Å². The van der Waals surface area contributed by atoms with Crippen LogP contribution in [-0.4, -0.2) is 23.4 Å². The number of nitro benzene ring substituents is 1. The van der Waals surface area contributed by atoms with Gasteiger partial charge in [-0.05, 0) is 32.0 Å². The zero-order valence-corrected chi connectivity index (χ0v) is 14.4. The highest BCUT2D eigenvalue weighted by Crippen LogP contribution is 2.27. The van der Waals surface area contributed by atoms with Crippen molar-refractivity contribution in [2.75, 3.05) is 11.9 Å². The van der Waals surface area contributed by atoms with Gasteiger partial charge in [0.05, 0.1) is 10.5 Å². The number of nitrogens with zero attached hydrogens (tertiary/aromatic N) is 1. The van der Waals surface area contributed by atoms with Gasteiger partial charge in [-0.2, -0.15) is 0 Å². The second-order valence-electron chi connectivity index (χ2n) is 4.87. The molecule has 24 heavy (non-hydrogen) atoms. The van der Waals surface area contributed by atoms with Crippen molar-refractivity contribution in [3.8, 4) is 0 Å². The molecule has 126 valence electrons. The summed E-state index contributed by atoms with van der Waals surface area (Å²) in [5.74, 6) is -1.20. The molecule has 0 radical (unpaired) electrons. The van der Waals surface area contributed by atoms with E-state index in [4.69, 9.17) is 16.3 Å². The molecule has 1 amide bonds. The van der Waals surface area contributed by atoms with Gasteiger partial charge in [0.2, 0.25) is 0 Å². The monoisotopic (exact) mass is 368 g/mol. The maximum absolute atomic E-state index is 11.9. The average molecular weight is 369 g/mol. The Kier molecular flexibility index (Phi) is 5.53. The Morgan fingerprint density at radius 2 is 2.04 bits per heavy atom. The smallest absolute Gasteiger partial charge is 0.339 e. The summed E-state index contributed by atoms with van der Waals surface area (Å²) >= 11 is 7.15. The minimum atomic E-state index is -0.653. The highest BCUT2D eigenvalue weighted by Gasteiger charge is 2.17. The number of aryl methyl sites for hydroxylation is 2. The second-order valence-corrected chi connectivity index (χ2v) is 6.74. The third-order valence-corrected chi connectivity index (χ3v) is 4.31. The number of ether oxygens (including phenoxy) is 1. The Labute approximate surface area is 146 Å². The molecule has 0 aliphatic rings. The first kappa shape index (κ1) is 17.9. The SMILES string of the molecule is Cc1cc(C(=O)OCC(=O)Nc2ccc(Cl)c([N+](=O)[O-])c2)c(C)s1. The van der Waals surface area contributed by atoms with Crippen molar-refractivity contribution in [3.05, 3.63) is 54.7 Å². The Hall–Kier alpha value is -2.45. The van der Waals surface area contributed by atoms with E-state index in [1.165, 1.54) is 23.5 Å². The van der Waals surface area contributed by atoms with Crippen molar-refractivity contribution in [1.82, 2.24) is 0 Å². The average Bonchev–Trinajstić information content (AvgIpc) is 2.85. The van der Waals surface area contributed by atoms with Crippen LogP contribution in [0.25, 0.3) is 0 Å². The van der Waals surface area contributed by atoms with Crippen LogP contribution in [0.5, 0.6) is 0 Å². The van der Waals surface area contributed by atoms with Gasteiger partial charge in [0.25, 0.3) is 11.6 Å². The van der Waals surface area contributed by atoms with Gasteiger partial charge in [-0.15, -0.1) is 11.3 Å². The second kappa shape index (κ2) is 7.41. The van der Waals surface area contributed by atoms with Gasteiger partial charge in [-0.3, -0.25) is 14.9 Å². The van der Waals surface area contributed by atoms with Crippen molar-refractivity contribution < 1.29 is 19.2 Å². The van der Waals surface area contributed by atoms with Crippen LogP contribution in [0, 0.1) is 24.0 Å². The molecule has 0 saturated carbocycles. The number of anilines is 1. The van der Waals surface area contributed by atoms with Crippen LogP contribution in [0.4, 0.5) is 11.4 Å². The fourth-order valence-electron chi connectivity index (χ4n) is 1.97. The fourth-order valence-corrected chi connectivity index (χ4v) is 3.07. The number of halogens is 1. The molecule has 0 unspecified atom stereocenters. The highest BCUT2D eigenvalue weighted by atomic mass is 35.5. The molecule has 1 aromatic heterocycles. The van der Waals surface area contributed by atoms with Crippen LogP contribution in [0.1, 0.15) is 20.1 Å². The first-order valence-corrected chi connectivity index (χ1v) is 7.95. The zero-order valence-electron chi connectivity index (χ0n) is 12.8. The molecule has 0 atom stereocenters. The minimum absolute atomic E-state index is 0.0345. The molecule has 2 aromatic rings. The largest absolute Gasteiger partial charge is 0.452 e. The van der Waals surface area contributed by atoms with E-state index in [0.717, 1.165) is 15.8 Å². The van der Waals surface area contributed by atoms with E-state index in [2.05, 4.69) is 5.32 Å². The molecule has 0 bridgehead atoms. The lowest BCUT2D eigenvalue weighted by Crippen LogP contribution is -2.21. The van der Waals surface area contributed by atoms with E-state index in [1.807, 2.05) is 6.92 Å². The summed E-state index contributed by atoms with van der Waals surface area (Å²) in [6, 6.07) is 5.55. The summed E-state index contributed by atoms with van der Waals surface area (Å²) in [5, 5.41) is 13.2. The van der Waals surface area contributed by atoms with E-state index < -0.39 is 23.4 Å². The number of nitro groups is 1. The number of hydrogen-bond donors (Lipinski definition) is 1. The first-order valence-electron chi connectivity index (χ1n) is 6.76. The van der Waals surface area contributed by atoms with Crippen LogP contribution in [-0.2, 0) is 9.53 Å². The van der Waals surface area contributed by atoms with E-state index >= 15 is 0 Å². The number of carbonyl (C=O) groups excluding carboxylic acids is 2. The lowest BCUT2D eigenvalue weighted by molar-refractivity contribution is -0.384. The van der Waals surface area contributed by atoms with Crippen molar-refractivity contribution in [2.24, 2.45) is 0 Å². The Balaban J connectivity index is 1.96. The number of rotatable bonds is 5. The quantitative estimate of drug-likeness (QED) is 0.492. The summed E-state index contributed by atoms with van der Waals surface area (Å²) in [5.41, 5.74) is 0.290. The van der Waals surface area contributed by atoms with Crippen LogP contribution >= 0.6 is 22.9 Å². The van der Waals surface area contributed by atoms with Crippen LogP contribution in [0.3, 0.4) is 0 Å². The molecular formula is C15H13ClN2O5S. The Morgan fingerprint density at radius 3 is 2.62 bits per heavy atom. The summed E-state index contributed by atoms with van der Waals surface area (Å²) in [6.45, 7) is 3.17. The molecule has 2 rings (SSSR count). The summed E-state index contributed by atoms with van der Waals surface area (Å²) < 4.78 is 4.95. The Morgan fingerprint density at radius 1 is 1.33 bits per heavy atom. The van der Waals surface area contributed by atoms with Gasteiger partial charge >= 0.3 is 5.97 Å². The number of hydrogen-bond acceptors (Lipinski definition) is 6. The van der Waals surface area contributed by atoms with Crippen LogP contribution < -0.4 is 5.32 Å². The maximum atomic E-state index is 11.9.